The number of morpholine rings is 1. The maximum absolute atomic E-state index is 5.90. The van der Waals surface area contributed by atoms with Crippen molar-refractivity contribution in [2.75, 3.05) is 25.4 Å². The van der Waals surface area contributed by atoms with Crippen molar-refractivity contribution in [3.05, 3.63) is 0 Å². The molecule has 3 aliphatic rings. The van der Waals surface area contributed by atoms with Gasteiger partial charge in [0.25, 0.3) is 0 Å². The summed E-state index contributed by atoms with van der Waals surface area (Å²) in [4.78, 5) is 2.74. The van der Waals surface area contributed by atoms with Gasteiger partial charge < -0.3 is 4.74 Å². The molecule has 0 N–H and O–H groups in total. The lowest BCUT2D eigenvalue weighted by Crippen LogP contribution is -2.52. The molecule has 0 spiro atoms. The lowest BCUT2D eigenvalue weighted by atomic mass is 9.87. The van der Waals surface area contributed by atoms with Crippen molar-refractivity contribution in [2.24, 2.45) is 5.41 Å². The molecular formula is C14H25NOS. The molecule has 17 heavy (non-hydrogen) atoms. The number of rotatable bonds is 3. The number of hydrogen-bond donors (Lipinski definition) is 1. The minimum absolute atomic E-state index is 0.521. The molecule has 1 heterocycles. The van der Waals surface area contributed by atoms with Gasteiger partial charge in [0, 0.05) is 19.1 Å². The van der Waals surface area contributed by atoms with Gasteiger partial charge in [0.15, 0.2) is 0 Å². The highest BCUT2D eigenvalue weighted by Crippen LogP contribution is 2.41. The molecule has 0 aromatic heterocycles. The standard InChI is InChI=1S/C14H25NOS/c17-11-14(6-1-2-7-14)10-15-8-9-16-13-5-3-4-12(13)15/h12-13,17H,1-11H2. The zero-order valence-corrected chi connectivity index (χ0v) is 11.6. The van der Waals surface area contributed by atoms with Crippen molar-refractivity contribution in [1.82, 2.24) is 4.90 Å². The van der Waals surface area contributed by atoms with E-state index in [0.717, 1.165) is 24.9 Å². The van der Waals surface area contributed by atoms with Gasteiger partial charge >= 0.3 is 0 Å². The summed E-state index contributed by atoms with van der Waals surface area (Å²) >= 11 is 4.64. The first-order valence-corrected chi connectivity index (χ1v) is 7.93. The van der Waals surface area contributed by atoms with Crippen molar-refractivity contribution >= 4 is 12.6 Å². The average molecular weight is 255 g/mol. The molecule has 3 rings (SSSR count). The highest BCUT2D eigenvalue weighted by atomic mass is 32.1. The maximum Gasteiger partial charge on any atom is 0.0730 e. The van der Waals surface area contributed by atoms with Gasteiger partial charge in [-0.2, -0.15) is 12.6 Å². The molecule has 0 bridgehead atoms. The van der Waals surface area contributed by atoms with Crippen LogP contribution < -0.4 is 0 Å². The summed E-state index contributed by atoms with van der Waals surface area (Å²) in [6.45, 7) is 3.38. The minimum Gasteiger partial charge on any atom is -0.375 e. The lowest BCUT2D eigenvalue weighted by molar-refractivity contribution is -0.0663. The van der Waals surface area contributed by atoms with Crippen molar-refractivity contribution in [1.29, 1.82) is 0 Å². The predicted octanol–water partition coefficient (Wildman–Crippen LogP) is 2.73. The van der Waals surface area contributed by atoms with Gasteiger partial charge in [-0.3, -0.25) is 4.90 Å². The van der Waals surface area contributed by atoms with Gasteiger partial charge in [-0.15, -0.1) is 0 Å². The zero-order valence-electron chi connectivity index (χ0n) is 10.7. The first-order valence-electron chi connectivity index (χ1n) is 7.30. The zero-order chi connectivity index (χ0) is 11.7. The highest BCUT2D eigenvalue weighted by molar-refractivity contribution is 7.80. The van der Waals surface area contributed by atoms with Gasteiger partial charge in [-0.1, -0.05) is 12.8 Å². The van der Waals surface area contributed by atoms with Crippen molar-refractivity contribution < 1.29 is 4.74 Å². The summed E-state index contributed by atoms with van der Waals surface area (Å²) in [5.74, 6) is 1.07. The first kappa shape index (κ1) is 12.3. The smallest absolute Gasteiger partial charge is 0.0730 e. The van der Waals surface area contributed by atoms with E-state index in [1.54, 1.807) is 0 Å². The number of thiol groups is 1. The van der Waals surface area contributed by atoms with E-state index < -0.39 is 0 Å². The monoisotopic (exact) mass is 255 g/mol. The summed E-state index contributed by atoms with van der Waals surface area (Å²) in [5.41, 5.74) is 0.521. The normalized spacial score (nSPS) is 37.2. The Morgan fingerprint density at radius 3 is 2.76 bits per heavy atom. The Balaban J connectivity index is 1.66. The largest absolute Gasteiger partial charge is 0.375 e. The second-order valence-corrected chi connectivity index (χ2v) is 6.56. The maximum atomic E-state index is 5.90. The van der Waals surface area contributed by atoms with E-state index in [9.17, 15) is 0 Å². The van der Waals surface area contributed by atoms with Crippen LogP contribution in [0.2, 0.25) is 0 Å². The number of ether oxygens (including phenoxy) is 1. The van der Waals surface area contributed by atoms with Gasteiger partial charge in [0.05, 0.1) is 12.7 Å². The van der Waals surface area contributed by atoms with Crippen molar-refractivity contribution in [3.63, 3.8) is 0 Å². The van der Waals surface area contributed by atoms with E-state index in [2.05, 4.69) is 17.5 Å². The number of nitrogens with zero attached hydrogens (tertiary/aromatic N) is 1. The van der Waals surface area contributed by atoms with Gasteiger partial charge in [0.1, 0.15) is 0 Å². The summed E-state index contributed by atoms with van der Waals surface area (Å²) in [5, 5.41) is 0. The molecule has 3 fully saturated rings. The van der Waals surface area contributed by atoms with Crippen LogP contribution in [0.25, 0.3) is 0 Å². The number of fused-ring (bicyclic) bond motifs is 1. The third-order valence-electron chi connectivity index (χ3n) is 5.14. The minimum atomic E-state index is 0.521. The molecule has 2 saturated carbocycles. The Morgan fingerprint density at radius 2 is 2.00 bits per heavy atom. The molecule has 0 aromatic carbocycles. The van der Waals surface area contributed by atoms with E-state index >= 15 is 0 Å². The van der Waals surface area contributed by atoms with E-state index in [1.165, 1.54) is 51.5 Å². The van der Waals surface area contributed by atoms with Crippen LogP contribution >= 0.6 is 12.6 Å². The Labute approximate surface area is 110 Å². The first-order chi connectivity index (χ1) is 8.33. The number of hydrogen-bond acceptors (Lipinski definition) is 3. The summed E-state index contributed by atoms with van der Waals surface area (Å²) in [7, 11) is 0. The Morgan fingerprint density at radius 1 is 1.18 bits per heavy atom. The molecule has 2 atom stereocenters. The molecule has 2 aliphatic carbocycles. The predicted molar refractivity (Wildman–Crippen MR) is 73.7 cm³/mol. The average Bonchev–Trinajstić information content (AvgIpc) is 2.98. The molecule has 1 aliphatic heterocycles. The molecule has 1 saturated heterocycles. The van der Waals surface area contributed by atoms with Crippen LogP contribution in [0, 0.1) is 5.41 Å². The lowest BCUT2D eigenvalue weighted by Gasteiger charge is -2.42. The third kappa shape index (κ3) is 2.39. The Kier molecular flexibility index (Phi) is 3.69. The van der Waals surface area contributed by atoms with Gasteiger partial charge in [-0.05, 0) is 43.3 Å². The fourth-order valence-corrected chi connectivity index (χ4v) is 4.54. The van der Waals surface area contributed by atoms with E-state index in [-0.39, 0.29) is 0 Å². The third-order valence-corrected chi connectivity index (χ3v) is 5.81. The van der Waals surface area contributed by atoms with Crippen LogP contribution in [0.15, 0.2) is 0 Å². The molecule has 2 nitrogen and oxygen atoms in total. The summed E-state index contributed by atoms with van der Waals surface area (Å²) in [6.07, 6.45) is 10.2. The second kappa shape index (κ2) is 5.10. The SMILES string of the molecule is SCC1(CN2CCOC3CCCC32)CCCC1. The molecule has 0 radical (unpaired) electrons. The van der Waals surface area contributed by atoms with Crippen LogP contribution in [0.1, 0.15) is 44.9 Å². The van der Waals surface area contributed by atoms with Gasteiger partial charge in [-0.25, -0.2) is 0 Å². The quantitative estimate of drug-likeness (QED) is 0.779. The second-order valence-electron chi connectivity index (χ2n) is 6.24. The van der Waals surface area contributed by atoms with Crippen LogP contribution in [0.3, 0.4) is 0 Å². The van der Waals surface area contributed by atoms with E-state index in [4.69, 9.17) is 4.74 Å². The summed E-state index contributed by atoms with van der Waals surface area (Å²) in [6, 6.07) is 0.723. The Bertz CT molecular complexity index is 265. The summed E-state index contributed by atoms with van der Waals surface area (Å²) < 4.78 is 5.90. The topological polar surface area (TPSA) is 12.5 Å². The van der Waals surface area contributed by atoms with Crippen LogP contribution in [-0.4, -0.2) is 42.5 Å². The molecule has 3 heteroatoms. The molecule has 0 aromatic rings. The molecular weight excluding hydrogens is 230 g/mol. The Hall–Kier alpha value is 0.270. The van der Waals surface area contributed by atoms with E-state index in [0.29, 0.717) is 11.5 Å². The fraction of sp³-hybridized carbons (Fsp3) is 1.00. The van der Waals surface area contributed by atoms with E-state index in [1.807, 2.05) is 0 Å². The van der Waals surface area contributed by atoms with Crippen LogP contribution in [-0.2, 0) is 4.74 Å². The molecule has 0 amide bonds. The molecule has 98 valence electrons. The van der Waals surface area contributed by atoms with Crippen LogP contribution in [0.5, 0.6) is 0 Å². The van der Waals surface area contributed by atoms with Crippen LogP contribution in [0.4, 0.5) is 0 Å². The molecule has 2 unspecified atom stereocenters. The van der Waals surface area contributed by atoms with Crippen molar-refractivity contribution in [3.8, 4) is 0 Å². The van der Waals surface area contributed by atoms with Gasteiger partial charge in [0.2, 0.25) is 0 Å². The fourth-order valence-electron chi connectivity index (χ4n) is 4.12. The highest BCUT2D eigenvalue weighted by Gasteiger charge is 2.41. The van der Waals surface area contributed by atoms with Crippen molar-refractivity contribution in [2.45, 2.75) is 57.1 Å².